The highest BCUT2D eigenvalue weighted by molar-refractivity contribution is 4.85. The molecule has 2 nitrogen and oxygen atoms in total. The van der Waals surface area contributed by atoms with Crippen molar-refractivity contribution < 1.29 is 9.84 Å². The van der Waals surface area contributed by atoms with Crippen molar-refractivity contribution in [3.05, 3.63) is 0 Å². The summed E-state index contributed by atoms with van der Waals surface area (Å²) in [7, 11) is 0. The van der Waals surface area contributed by atoms with Gasteiger partial charge in [-0.3, -0.25) is 0 Å². The van der Waals surface area contributed by atoms with E-state index in [2.05, 4.69) is 0 Å². The third kappa shape index (κ3) is 0.864. The van der Waals surface area contributed by atoms with Gasteiger partial charge in [0.1, 0.15) is 0 Å². The van der Waals surface area contributed by atoms with Crippen LogP contribution in [0, 0.1) is 0 Å². The van der Waals surface area contributed by atoms with E-state index in [-0.39, 0.29) is 12.2 Å². The van der Waals surface area contributed by atoms with Crippen molar-refractivity contribution in [2.45, 2.75) is 44.0 Å². The summed E-state index contributed by atoms with van der Waals surface area (Å²) in [4.78, 5) is 0. The van der Waals surface area contributed by atoms with Gasteiger partial charge in [-0.05, 0) is 25.7 Å². The number of hydrogen-bond donors (Lipinski definition) is 1. The molecule has 0 radical (unpaired) electrons. The van der Waals surface area contributed by atoms with Crippen molar-refractivity contribution >= 4 is 0 Å². The summed E-state index contributed by atoms with van der Waals surface area (Å²) in [6.07, 6.45) is 4.77. The molecule has 2 rings (SSSR count). The van der Waals surface area contributed by atoms with E-state index in [1.807, 2.05) is 0 Å². The highest BCUT2D eigenvalue weighted by Gasteiger charge is 2.35. The van der Waals surface area contributed by atoms with Gasteiger partial charge in [-0.2, -0.15) is 0 Å². The van der Waals surface area contributed by atoms with Crippen LogP contribution < -0.4 is 0 Å². The predicted octanol–water partition coefficient (Wildman–Crippen LogP) is 0.689. The Labute approximate surface area is 54.8 Å². The quantitative estimate of drug-likeness (QED) is 0.520. The lowest BCUT2D eigenvalue weighted by Gasteiger charge is -2.24. The van der Waals surface area contributed by atoms with Crippen LogP contribution in [0.2, 0.25) is 0 Å². The average Bonchev–Trinajstić information content (AvgIpc) is 2.25. The largest absolute Gasteiger partial charge is 0.390 e. The Balaban J connectivity index is 2.05. The number of aliphatic hydroxyl groups is 1. The van der Waals surface area contributed by atoms with E-state index in [1.165, 1.54) is 6.42 Å². The summed E-state index contributed by atoms with van der Waals surface area (Å²) >= 11 is 0. The van der Waals surface area contributed by atoms with Gasteiger partial charge < -0.3 is 9.84 Å². The fourth-order valence-electron chi connectivity index (χ4n) is 1.77. The van der Waals surface area contributed by atoms with Crippen LogP contribution in [0.3, 0.4) is 0 Å². The lowest BCUT2D eigenvalue weighted by Crippen LogP contribution is -2.31. The van der Waals surface area contributed by atoms with Gasteiger partial charge >= 0.3 is 0 Å². The van der Waals surface area contributed by atoms with Crippen LogP contribution in [0.15, 0.2) is 0 Å². The number of ether oxygens (including phenoxy) is 1. The second kappa shape index (κ2) is 1.96. The summed E-state index contributed by atoms with van der Waals surface area (Å²) < 4.78 is 5.46. The van der Waals surface area contributed by atoms with Crippen LogP contribution in [0.25, 0.3) is 0 Å². The van der Waals surface area contributed by atoms with Crippen LogP contribution in [-0.4, -0.2) is 23.4 Å². The number of rotatable bonds is 0. The van der Waals surface area contributed by atoms with Gasteiger partial charge in [-0.25, -0.2) is 0 Å². The molecule has 0 aliphatic carbocycles. The molecular weight excluding hydrogens is 116 g/mol. The summed E-state index contributed by atoms with van der Waals surface area (Å²) in [5.74, 6) is 0. The maximum absolute atomic E-state index is 9.27. The minimum absolute atomic E-state index is 0.163. The molecule has 0 aromatic rings. The maximum Gasteiger partial charge on any atom is 0.0838 e. The Hall–Kier alpha value is -0.0800. The molecule has 2 heteroatoms. The first-order valence-electron chi connectivity index (χ1n) is 3.70. The van der Waals surface area contributed by atoms with E-state index in [0.29, 0.717) is 6.10 Å². The zero-order valence-corrected chi connectivity index (χ0v) is 5.42. The zero-order chi connectivity index (χ0) is 6.27. The van der Waals surface area contributed by atoms with Crippen LogP contribution in [0.1, 0.15) is 25.7 Å². The molecule has 1 N–H and O–H groups in total. The fraction of sp³-hybridized carbons (Fsp3) is 1.00. The van der Waals surface area contributed by atoms with Gasteiger partial charge in [0.05, 0.1) is 18.3 Å². The zero-order valence-electron chi connectivity index (χ0n) is 5.42. The van der Waals surface area contributed by atoms with E-state index in [4.69, 9.17) is 4.74 Å². The van der Waals surface area contributed by atoms with E-state index < -0.39 is 0 Å². The molecule has 0 aromatic carbocycles. The van der Waals surface area contributed by atoms with Crippen LogP contribution in [0.5, 0.6) is 0 Å². The molecule has 2 aliphatic heterocycles. The van der Waals surface area contributed by atoms with Crippen LogP contribution >= 0.6 is 0 Å². The molecule has 3 atom stereocenters. The van der Waals surface area contributed by atoms with Gasteiger partial charge in [0.2, 0.25) is 0 Å². The summed E-state index contributed by atoms with van der Waals surface area (Å²) in [6, 6.07) is 0. The third-order valence-corrected chi connectivity index (χ3v) is 2.35. The Bertz CT molecular complexity index is 113. The molecule has 9 heavy (non-hydrogen) atoms. The molecule has 2 fully saturated rings. The molecule has 2 saturated heterocycles. The number of aliphatic hydroxyl groups excluding tert-OH is 1. The minimum Gasteiger partial charge on any atom is -0.390 e. The molecule has 2 bridgehead atoms. The first-order chi connectivity index (χ1) is 4.36. The molecule has 0 aromatic heterocycles. The second-order valence-electron chi connectivity index (χ2n) is 3.02. The normalized spacial score (nSPS) is 49.7. The van der Waals surface area contributed by atoms with E-state index in [1.54, 1.807) is 0 Å². The van der Waals surface area contributed by atoms with E-state index >= 15 is 0 Å². The molecule has 0 spiro atoms. The Kier molecular flexibility index (Phi) is 1.24. The SMILES string of the molecule is OC1CC[C@H]2CCC1O2. The summed E-state index contributed by atoms with van der Waals surface area (Å²) in [5.41, 5.74) is 0. The number of fused-ring (bicyclic) bond motifs is 2. The molecule has 2 heterocycles. The monoisotopic (exact) mass is 128 g/mol. The maximum atomic E-state index is 9.27. The summed E-state index contributed by atoms with van der Waals surface area (Å²) in [5, 5.41) is 9.27. The topological polar surface area (TPSA) is 29.5 Å². The highest BCUT2D eigenvalue weighted by atomic mass is 16.5. The molecule has 52 valence electrons. The van der Waals surface area contributed by atoms with Crippen molar-refractivity contribution in [1.82, 2.24) is 0 Å². The Morgan fingerprint density at radius 1 is 1.11 bits per heavy atom. The van der Waals surface area contributed by atoms with Crippen molar-refractivity contribution in [2.75, 3.05) is 0 Å². The lowest BCUT2D eigenvalue weighted by atomic mass is 10.1. The molecule has 2 unspecified atom stereocenters. The number of hydrogen-bond acceptors (Lipinski definition) is 2. The average molecular weight is 128 g/mol. The Morgan fingerprint density at radius 3 is 2.67 bits per heavy atom. The lowest BCUT2D eigenvalue weighted by molar-refractivity contribution is -0.0746. The third-order valence-electron chi connectivity index (χ3n) is 2.35. The van der Waals surface area contributed by atoms with Gasteiger partial charge in [0.25, 0.3) is 0 Å². The van der Waals surface area contributed by atoms with Crippen molar-refractivity contribution in [3.63, 3.8) is 0 Å². The molecule has 0 saturated carbocycles. The van der Waals surface area contributed by atoms with E-state index in [9.17, 15) is 5.11 Å². The van der Waals surface area contributed by atoms with Crippen molar-refractivity contribution in [2.24, 2.45) is 0 Å². The standard InChI is InChI=1S/C7H12O2/c8-6-3-1-5-2-4-7(6)9-5/h5-8H,1-4H2/t5-,6?,7?/m0/s1. The minimum atomic E-state index is -0.163. The first kappa shape index (κ1) is 5.69. The molecule has 0 amide bonds. The van der Waals surface area contributed by atoms with Gasteiger partial charge in [-0.1, -0.05) is 0 Å². The van der Waals surface area contributed by atoms with Gasteiger partial charge in [-0.15, -0.1) is 0 Å². The van der Waals surface area contributed by atoms with Crippen LogP contribution in [0.4, 0.5) is 0 Å². The molecule has 2 aliphatic rings. The second-order valence-corrected chi connectivity index (χ2v) is 3.02. The summed E-state index contributed by atoms with van der Waals surface area (Å²) in [6.45, 7) is 0. The molecular formula is C7H12O2. The van der Waals surface area contributed by atoms with Gasteiger partial charge in [0, 0.05) is 0 Å². The van der Waals surface area contributed by atoms with Crippen LogP contribution in [-0.2, 0) is 4.74 Å². The van der Waals surface area contributed by atoms with Crippen molar-refractivity contribution in [3.8, 4) is 0 Å². The fourth-order valence-corrected chi connectivity index (χ4v) is 1.77. The first-order valence-corrected chi connectivity index (χ1v) is 3.70. The smallest absolute Gasteiger partial charge is 0.0838 e. The highest BCUT2D eigenvalue weighted by Crippen LogP contribution is 2.32. The van der Waals surface area contributed by atoms with Crippen molar-refractivity contribution in [1.29, 1.82) is 0 Å². The van der Waals surface area contributed by atoms with Gasteiger partial charge in [0.15, 0.2) is 0 Å². The Morgan fingerprint density at radius 2 is 1.89 bits per heavy atom. The predicted molar refractivity (Wildman–Crippen MR) is 33.1 cm³/mol. The van der Waals surface area contributed by atoms with E-state index in [0.717, 1.165) is 19.3 Å².